The zero-order valence-electron chi connectivity index (χ0n) is 10.4. The number of aryl methyl sites for hydroxylation is 1. The summed E-state index contributed by atoms with van der Waals surface area (Å²) in [7, 11) is 0. The van der Waals surface area contributed by atoms with Gasteiger partial charge in [0.1, 0.15) is 0 Å². The van der Waals surface area contributed by atoms with E-state index in [0.717, 1.165) is 23.8 Å². The number of hydrogen-bond acceptors (Lipinski definition) is 2. The molecule has 0 aliphatic carbocycles. The molecular formula is C14H16ClN3. The minimum absolute atomic E-state index is 0.547. The second kappa shape index (κ2) is 4.75. The quantitative estimate of drug-likeness (QED) is 0.901. The first kappa shape index (κ1) is 11.8. The molecule has 18 heavy (non-hydrogen) atoms. The van der Waals surface area contributed by atoms with Crippen LogP contribution in [0.15, 0.2) is 30.7 Å². The van der Waals surface area contributed by atoms with Gasteiger partial charge in [0.2, 0.25) is 0 Å². The van der Waals surface area contributed by atoms with Gasteiger partial charge in [0, 0.05) is 29.4 Å². The Hall–Kier alpha value is -1.32. The molecule has 1 fully saturated rings. The van der Waals surface area contributed by atoms with E-state index in [-0.39, 0.29) is 0 Å². The highest BCUT2D eigenvalue weighted by atomic mass is 35.5. The molecular weight excluding hydrogens is 246 g/mol. The number of imidazole rings is 1. The van der Waals surface area contributed by atoms with Crippen molar-refractivity contribution in [3.05, 3.63) is 47.0 Å². The summed E-state index contributed by atoms with van der Waals surface area (Å²) in [6, 6.07) is 5.98. The van der Waals surface area contributed by atoms with Gasteiger partial charge in [0.15, 0.2) is 0 Å². The lowest BCUT2D eigenvalue weighted by Crippen LogP contribution is -2.11. The molecule has 1 atom stereocenters. The molecule has 1 N–H and O–H groups in total. The predicted octanol–water partition coefficient (Wildman–Crippen LogP) is 2.91. The number of rotatable bonds is 2. The number of hydrogen-bond donors (Lipinski definition) is 1. The van der Waals surface area contributed by atoms with Crippen LogP contribution in [-0.2, 0) is 0 Å². The Kier molecular flexibility index (Phi) is 3.10. The first-order valence-electron chi connectivity index (χ1n) is 6.25. The van der Waals surface area contributed by atoms with Crippen LogP contribution in [0, 0.1) is 6.92 Å². The van der Waals surface area contributed by atoms with Crippen LogP contribution in [0.25, 0.3) is 5.69 Å². The Balaban J connectivity index is 2.06. The third kappa shape index (κ3) is 2.04. The summed E-state index contributed by atoms with van der Waals surface area (Å²) in [5, 5.41) is 4.16. The van der Waals surface area contributed by atoms with Crippen LogP contribution in [0.3, 0.4) is 0 Å². The van der Waals surface area contributed by atoms with Crippen LogP contribution in [0.1, 0.15) is 23.6 Å². The molecule has 2 heterocycles. The van der Waals surface area contributed by atoms with E-state index in [9.17, 15) is 0 Å². The lowest BCUT2D eigenvalue weighted by atomic mass is 10.0. The smallest absolute Gasteiger partial charge is 0.0994 e. The maximum atomic E-state index is 6.10. The van der Waals surface area contributed by atoms with Gasteiger partial charge in [-0.25, -0.2) is 4.98 Å². The average molecular weight is 262 g/mol. The van der Waals surface area contributed by atoms with E-state index in [2.05, 4.69) is 21.8 Å². The first-order valence-corrected chi connectivity index (χ1v) is 6.63. The van der Waals surface area contributed by atoms with E-state index in [1.165, 1.54) is 17.7 Å². The first-order chi connectivity index (χ1) is 8.75. The minimum Gasteiger partial charge on any atom is -0.316 e. The summed E-state index contributed by atoms with van der Waals surface area (Å²) in [6.07, 6.45) is 5.02. The molecule has 0 radical (unpaired) electrons. The number of halogens is 1. The second-order valence-electron chi connectivity index (χ2n) is 4.81. The van der Waals surface area contributed by atoms with Crippen LogP contribution in [-0.4, -0.2) is 22.6 Å². The lowest BCUT2D eigenvalue weighted by molar-refractivity contribution is 0.713. The predicted molar refractivity (Wildman–Crippen MR) is 73.5 cm³/mol. The van der Waals surface area contributed by atoms with E-state index in [1.807, 2.05) is 30.7 Å². The van der Waals surface area contributed by atoms with Gasteiger partial charge >= 0.3 is 0 Å². The van der Waals surface area contributed by atoms with Crippen molar-refractivity contribution in [2.45, 2.75) is 19.3 Å². The maximum Gasteiger partial charge on any atom is 0.0994 e. The Morgan fingerprint density at radius 2 is 2.33 bits per heavy atom. The molecule has 0 bridgehead atoms. The Morgan fingerprint density at radius 1 is 1.44 bits per heavy atom. The van der Waals surface area contributed by atoms with Gasteiger partial charge in [-0.15, -0.1) is 0 Å². The van der Waals surface area contributed by atoms with Gasteiger partial charge in [-0.3, -0.25) is 0 Å². The highest BCUT2D eigenvalue weighted by Gasteiger charge is 2.21. The topological polar surface area (TPSA) is 29.9 Å². The Labute approximate surface area is 112 Å². The maximum absolute atomic E-state index is 6.10. The largest absolute Gasteiger partial charge is 0.316 e. The zero-order valence-corrected chi connectivity index (χ0v) is 11.1. The van der Waals surface area contributed by atoms with Crippen LogP contribution < -0.4 is 5.32 Å². The molecule has 1 saturated heterocycles. The normalized spacial score (nSPS) is 19.3. The van der Waals surface area contributed by atoms with Crippen LogP contribution in [0.2, 0.25) is 5.02 Å². The van der Waals surface area contributed by atoms with Crippen molar-refractivity contribution in [2.24, 2.45) is 0 Å². The zero-order chi connectivity index (χ0) is 12.5. The molecule has 1 aromatic carbocycles. The minimum atomic E-state index is 0.547. The van der Waals surface area contributed by atoms with Crippen LogP contribution in [0.4, 0.5) is 0 Å². The molecule has 1 unspecified atom stereocenters. The summed E-state index contributed by atoms with van der Waals surface area (Å²) in [5.41, 5.74) is 3.61. The highest BCUT2D eigenvalue weighted by molar-refractivity contribution is 6.30. The molecule has 0 amide bonds. The van der Waals surface area contributed by atoms with Crippen molar-refractivity contribution in [3.63, 3.8) is 0 Å². The van der Waals surface area contributed by atoms with Crippen molar-refractivity contribution in [3.8, 4) is 5.69 Å². The number of nitrogens with zero attached hydrogens (tertiary/aromatic N) is 2. The fourth-order valence-electron chi connectivity index (χ4n) is 2.56. The summed E-state index contributed by atoms with van der Waals surface area (Å²) < 4.78 is 2.17. The van der Waals surface area contributed by atoms with Crippen LogP contribution >= 0.6 is 11.6 Å². The van der Waals surface area contributed by atoms with Gasteiger partial charge < -0.3 is 9.88 Å². The lowest BCUT2D eigenvalue weighted by Gasteiger charge is -2.15. The fraction of sp³-hybridized carbons (Fsp3) is 0.357. The standard InChI is InChI=1S/C14H16ClN3/c1-10-2-3-12(15)6-13(10)18-9-17-8-14(18)11-4-5-16-7-11/h2-3,6,8-9,11,16H,4-5,7H2,1H3. The Bertz CT molecular complexity index is 556. The molecule has 0 saturated carbocycles. The van der Waals surface area contributed by atoms with Crippen molar-refractivity contribution < 1.29 is 0 Å². The molecule has 0 spiro atoms. The number of aromatic nitrogens is 2. The molecule has 1 aromatic heterocycles. The SMILES string of the molecule is Cc1ccc(Cl)cc1-n1cncc1C1CCNC1. The molecule has 4 heteroatoms. The van der Waals surface area contributed by atoms with E-state index >= 15 is 0 Å². The third-order valence-electron chi connectivity index (χ3n) is 3.58. The highest BCUT2D eigenvalue weighted by Crippen LogP contribution is 2.27. The third-order valence-corrected chi connectivity index (χ3v) is 3.81. The van der Waals surface area contributed by atoms with Gasteiger partial charge in [-0.2, -0.15) is 0 Å². The second-order valence-corrected chi connectivity index (χ2v) is 5.25. The van der Waals surface area contributed by atoms with E-state index < -0.39 is 0 Å². The van der Waals surface area contributed by atoms with Crippen molar-refractivity contribution in [2.75, 3.05) is 13.1 Å². The van der Waals surface area contributed by atoms with E-state index in [1.54, 1.807) is 0 Å². The summed E-state index contributed by atoms with van der Waals surface area (Å²) in [5.74, 6) is 0.547. The monoisotopic (exact) mass is 261 g/mol. The van der Waals surface area contributed by atoms with Crippen molar-refractivity contribution in [1.29, 1.82) is 0 Å². The summed E-state index contributed by atoms with van der Waals surface area (Å²) in [4.78, 5) is 4.31. The molecule has 2 aromatic rings. The fourth-order valence-corrected chi connectivity index (χ4v) is 2.72. The summed E-state index contributed by atoms with van der Waals surface area (Å²) in [6.45, 7) is 4.22. The van der Waals surface area contributed by atoms with E-state index in [4.69, 9.17) is 11.6 Å². The Morgan fingerprint density at radius 3 is 3.11 bits per heavy atom. The molecule has 94 valence electrons. The molecule has 1 aliphatic heterocycles. The van der Waals surface area contributed by atoms with Crippen molar-refractivity contribution >= 4 is 11.6 Å². The molecule has 3 nitrogen and oxygen atoms in total. The average Bonchev–Trinajstić information content (AvgIpc) is 3.00. The van der Waals surface area contributed by atoms with Gasteiger partial charge in [0.05, 0.1) is 12.0 Å². The number of nitrogens with one attached hydrogen (secondary N) is 1. The molecule has 1 aliphatic rings. The van der Waals surface area contributed by atoms with Gasteiger partial charge in [-0.05, 0) is 37.6 Å². The summed E-state index contributed by atoms with van der Waals surface area (Å²) >= 11 is 6.10. The van der Waals surface area contributed by atoms with Crippen molar-refractivity contribution in [1.82, 2.24) is 14.9 Å². The van der Waals surface area contributed by atoms with Gasteiger partial charge in [0.25, 0.3) is 0 Å². The van der Waals surface area contributed by atoms with Gasteiger partial charge in [-0.1, -0.05) is 17.7 Å². The van der Waals surface area contributed by atoms with Crippen LogP contribution in [0.5, 0.6) is 0 Å². The number of benzene rings is 1. The molecule has 3 rings (SSSR count). The van der Waals surface area contributed by atoms with E-state index in [0.29, 0.717) is 5.92 Å².